The highest BCUT2D eigenvalue weighted by atomic mass is 32.1. The van der Waals surface area contributed by atoms with Gasteiger partial charge in [-0.3, -0.25) is 14.4 Å². The Morgan fingerprint density at radius 2 is 1.72 bits per heavy atom. The number of hydrogen-bond acceptors (Lipinski definition) is 6. The molecule has 0 spiro atoms. The number of rotatable bonds is 7. The molecule has 1 N–H and O–H groups in total. The van der Waals surface area contributed by atoms with E-state index in [1.54, 1.807) is 24.3 Å². The molecule has 6 nitrogen and oxygen atoms in total. The van der Waals surface area contributed by atoms with E-state index in [0.29, 0.717) is 16.9 Å². The number of thiazole rings is 1. The van der Waals surface area contributed by atoms with Crippen LogP contribution < -0.4 is 5.32 Å². The predicted molar refractivity (Wildman–Crippen MR) is 112 cm³/mol. The molecule has 0 aliphatic heterocycles. The lowest BCUT2D eigenvalue weighted by Crippen LogP contribution is -2.21. The lowest BCUT2D eigenvalue weighted by molar-refractivity contribution is -0.146. The highest BCUT2D eigenvalue weighted by Gasteiger charge is 2.12. The first-order valence-corrected chi connectivity index (χ1v) is 9.86. The van der Waals surface area contributed by atoms with Crippen molar-refractivity contribution in [1.29, 1.82) is 0 Å². The summed E-state index contributed by atoms with van der Waals surface area (Å²) in [6.45, 7) is 3.10. The molecule has 7 heteroatoms. The molecule has 2 aromatic carbocycles. The summed E-state index contributed by atoms with van der Waals surface area (Å²) in [6, 6.07) is 14.5. The molecule has 0 saturated carbocycles. The van der Waals surface area contributed by atoms with Crippen molar-refractivity contribution in [2.75, 3.05) is 11.9 Å². The standard InChI is InChI=1S/C22H20N2O4S/c1-14-3-5-17(6-4-14)22-24-19(13-29-22)11-21(27)28-12-20(26)23-18-9-7-16(8-10-18)15(2)25/h3-10,13H,11-12H2,1-2H3,(H,23,26). The third kappa shape index (κ3) is 5.83. The van der Waals surface area contributed by atoms with Crippen LogP contribution in [0.5, 0.6) is 0 Å². The van der Waals surface area contributed by atoms with E-state index in [1.165, 1.54) is 23.8 Å². The number of anilines is 1. The van der Waals surface area contributed by atoms with Gasteiger partial charge in [0.25, 0.3) is 5.91 Å². The zero-order valence-electron chi connectivity index (χ0n) is 16.1. The fourth-order valence-corrected chi connectivity index (χ4v) is 3.37. The molecule has 1 heterocycles. The molecule has 148 valence electrons. The van der Waals surface area contributed by atoms with Crippen LogP contribution in [-0.4, -0.2) is 29.3 Å². The second-order valence-corrected chi connectivity index (χ2v) is 7.39. The van der Waals surface area contributed by atoms with Crippen LogP contribution in [0, 0.1) is 6.92 Å². The summed E-state index contributed by atoms with van der Waals surface area (Å²) in [5.41, 5.74) is 3.86. The molecular weight excluding hydrogens is 388 g/mol. The van der Waals surface area contributed by atoms with Crippen molar-refractivity contribution in [3.63, 3.8) is 0 Å². The first-order chi connectivity index (χ1) is 13.9. The minimum Gasteiger partial charge on any atom is -0.455 e. The van der Waals surface area contributed by atoms with Crippen molar-refractivity contribution >= 4 is 34.7 Å². The van der Waals surface area contributed by atoms with Crippen LogP contribution in [0.2, 0.25) is 0 Å². The topological polar surface area (TPSA) is 85.4 Å². The SMILES string of the molecule is CC(=O)c1ccc(NC(=O)COC(=O)Cc2csc(-c3ccc(C)cc3)n2)cc1. The van der Waals surface area contributed by atoms with E-state index in [9.17, 15) is 14.4 Å². The number of carbonyl (C=O) groups excluding carboxylic acids is 3. The Labute approximate surface area is 172 Å². The monoisotopic (exact) mass is 408 g/mol. The van der Waals surface area contributed by atoms with Gasteiger partial charge >= 0.3 is 5.97 Å². The van der Waals surface area contributed by atoms with Gasteiger partial charge in [0.15, 0.2) is 12.4 Å². The maximum absolute atomic E-state index is 12.0. The molecule has 3 aromatic rings. The molecule has 0 unspecified atom stereocenters. The summed E-state index contributed by atoms with van der Waals surface area (Å²) in [4.78, 5) is 39.6. The highest BCUT2D eigenvalue weighted by Crippen LogP contribution is 2.24. The molecule has 0 radical (unpaired) electrons. The van der Waals surface area contributed by atoms with Gasteiger partial charge in [0.1, 0.15) is 5.01 Å². The van der Waals surface area contributed by atoms with Crippen LogP contribution in [0.25, 0.3) is 10.6 Å². The van der Waals surface area contributed by atoms with Gasteiger partial charge in [0.05, 0.1) is 12.1 Å². The molecule has 0 aliphatic rings. The molecular formula is C22H20N2O4S. The normalized spacial score (nSPS) is 10.4. The van der Waals surface area contributed by atoms with Gasteiger partial charge in [0, 0.05) is 22.2 Å². The maximum atomic E-state index is 12.0. The number of aromatic nitrogens is 1. The van der Waals surface area contributed by atoms with Crippen LogP contribution in [0.4, 0.5) is 5.69 Å². The fourth-order valence-electron chi connectivity index (χ4n) is 2.55. The van der Waals surface area contributed by atoms with E-state index in [1.807, 2.05) is 36.6 Å². The summed E-state index contributed by atoms with van der Waals surface area (Å²) in [6.07, 6.45) is 0.00293. The molecule has 1 amide bonds. The molecule has 0 fully saturated rings. The largest absolute Gasteiger partial charge is 0.455 e. The first kappa shape index (κ1) is 20.4. The minimum atomic E-state index is -0.521. The molecule has 0 aliphatic carbocycles. The number of nitrogens with one attached hydrogen (secondary N) is 1. The molecule has 1 aromatic heterocycles. The average molecular weight is 408 g/mol. The quantitative estimate of drug-likeness (QED) is 0.471. The Kier molecular flexibility index (Phi) is 6.51. The zero-order valence-corrected chi connectivity index (χ0v) is 16.9. The first-order valence-electron chi connectivity index (χ1n) is 8.98. The van der Waals surface area contributed by atoms with Crippen molar-refractivity contribution in [3.05, 3.63) is 70.7 Å². The number of esters is 1. The van der Waals surface area contributed by atoms with Gasteiger partial charge < -0.3 is 10.1 Å². The molecule has 0 bridgehead atoms. The number of hydrogen-bond donors (Lipinski definition) is 1. The minimum absolute atomic E-state index is 0.00293. The van der Waals surface area contributed by atoms with E-state index < -0.39 is 11.9 Å². The molecule has 0 saturated heterocycles. The Bertz CT molecular complexity index is 1020. The Balaban J connectivity index is 1.47. The summed E-state index contributed by atoms with van der Waals surface area (Å²) in [5.74, 6) is -1.02. The zero-order chi connectivity index (χ0) is 20.8. The summed E-state index contributed by atoms with van der Waals surface area (Å²) >= 11 is 1.46. The van der Waals surface area contributed by atoms with Gasteiger partial charge in [-0.2, -0.15) is 0 Å². The average Bonchev–Trinajstić information content (AvgIpc) is 3.16. The lowest BCUT2D eigenvalue weighted by atomic mass is 10.1. The van der Waals surface area contributed by atoms with E-state index in [2.05, 4.69) is 10.3 Å². The number of amides is 1. The van der Waals surface area contributed by atoms with Crippen molar-refractivity contribution in [1.82, 2.24) is 4.98 Å². The molecule has 3 rings (SSSR count). The second kappa shape index (κ2) is 9.25. The van der Waals surface area contributed by atoms with Gasteiger partial charge in [0.2, 0.25) is 0 Å². The van der Waals surface area contributed by atoms with Crippen LogP contribution in [0.3, 0.4) is 0 Å². The van der Waals surface area contributed by atoms with Gasteiger partial charge in [-0.05, 0) is 38.1 Å². The van der Waals surface area contributed by atoms with Gasteiger partial charge in [-0.15, -0.1) is 11.3 Å². The smallest absolute Gasteiger partial charge is 0.312 e. The number of Topliss-reactive ketones (excluding diaryl/α,β-unsaturated/α-hetero) is 1. The van der Waals surface area contributed by atoms with Gasteiger partial charge in [-0.25, -0.2) is 4.98 Å². The maximum Gasteiger partial charge on any atom is 0.312 e. The van der Waals surface area contributed by atoms with Gasteiger partial charge in [-0.1, -0.05) is 29.8 Å². The Morgan fingerprint density at radius 1 is 1.03 bits per heavy atom. The third-order valence-electron chi connectivity index (χ3n) is 4.12. The number of benzene rings is 2. The summed E-state index contributed by atoms with van der Waals surface area (Å²) in [7, 11) is 0. The molecule has 29 heavy (non-hydrogen) atoms. The van der Waals surface area contributed by atoms with E-state index >= 15 is 0 Å². The fraction of sp³-hybridized carbons (Fsp3) is 0.182. The number of carbonyl (C=O) groups is 3. The summed E-state index contributed by atoms with van der Waals surface area (Å²) < 4.78 is 5.03. The highest BCUT2D eigenvalue weighted by molar-refractivity contribution is 7.13. The van der Waals surface area contributed by atoms with Crippen LogP contribution in [0.15, 0.2) is 53.9 Å². The van der Waals surface area contributed by atoms with Crippen molar-refractivity contribution in [3.8, 4) is 10.6 Å². The third-order valence-corrected chi connectivity index (χ3v) is 5.06. The number of ether oxygens (including phenoxy) is 1. The van der Waals surface area contributed by atoms with Crippen LogP contribution in [-0.2, 0) is 20.7 Å². The van der Waals surface area contributed by atoms with E-state index in [0.717, 1.165) is 10.6 Å². The second-order valence-electron chi connectivity index (χ2n) is 6.53. The molecule has 0 atom stereocenters. The van der Waals surface area contributed by atoms with Crippen LogP contribution in [0.1, 0.15) is 28.5 Å². The van der Waals surface area contributed by atoms with E-state index in [4.69, 9.17) is 4.74 Å². The van der Waals surface area contributed by atoms with E-state index in [-0.39, 0.29) is 18.8 Å². The Morgan fingerprint density at radius 3 is 2.38 bits per heavy atom. The van der Waals surface area contributed by atoms with Crippen molar-refractivity contribution < 1.29 is 19.1 Å². The van der Waals surface area contributed by atoms with Crippen LogP contribution >= 0.6 is 11.3 Å². The van der Waals surface area contributed by atoms with Crippen molar-refractivity contribution in [2.24, 2.45) is 0 Å². The number of nitrogens with zero attached hydrogens (tertiary/aromatic N) is 1. The lowest BCUT2D eigenvalue weighted by Gasteiger charge is -2.06. The summed E-state index contributed by atoms with van der Waals surface area (Å²) in [5, 5.41) is 5.26. The number of aryl methyl sites for hydroxylation is 1. The van der Waals surface area contributed by atoms with Crippen molar-refractivity contribution in [2.45, 2.75) is 20.3 Å². The number of ketones is 1. The predicted octanol–water partition coefficient (Wildman–Crippen LogP) is 4.05. The Hall–Kier alpha value is -3.32.